The van der Waals surface area contributed by atoms with Gasteiger partial charge >= 0.3 is 5.97 Å². The molecule has 1 aromatic carbocycles. The van der Waals surface area contributed by atoms with Crippen molar-refractivity contribution in [3.63, 3.8) is 0 Å². The Kier molecular flexibility index (Phi) is 2.73. The normalized spacial score (nSPS) is 25.3. The molecular weight excluding hydrogens is 192 g/mol. The molecule has 80 valence electrons. The summed E-state index contributed by atoms with van der Waals surface area (Å²) in [7, 11) is 0. The fraction of sp³-hybridized carbons (Fsp3) is 0.417. The van der Waals surface area contributed by atoms with Crippen LogP contribution in [0, 0.1) is 0 Å². The molecule has 1 aliphatic rings. The number of ether oxygens (including phenoxy) is 1. The van der Waals surface area contributed by atoms with Gasteiger partial charge in [-0.1, -0.05) is 30.3 Å². The van der Waals surface area contributed by atoms with Crippen molar-refractivity contribution in [3.05, 3.63) is 35.9 Å². The Morgan fingerprint density at radius 2 is 2.07 bits per heavy atom. The van der Waals surface area contributed by atoms with Crippen LogP contribution in [0.5, 0.6) is 0 Å². The van der Waals surface area contributed by atoms with Gasteiger partial charge in [0, 0.05) is 25.9 Å². The maximum atomic E-state index is 11.2. The molecule has 1 heterocycles. The summed E-state index contributed by atoms with van der Waals surface area (Å²) in [6.45, 7) is 0.0299. The summed E-state index contributed by atoms with van der Waals surface area (Å²) < 4.78 is 5.38. The molecule has 1 aliphatic heterocycles. The van der Waals surface area contributed by atoms with Gasteiger partial charge in [0.2, 0.25) is 0 Å². The summed E-state index contributed by atoms with van der Waals surface area (Å²) in [4.78, 5) is 11.2. The molecule has 3 heteroatoms. The van der Waals surface area contributed by atoms with Gasteiger partial charge in [0.05, 0.1) is 0 Å². The van der Waals surface area contributed by atoms with Crippen LogP contribution in [0.4, 0.5) is 0 Å². The van der Waals surface area contributed by atoms with Gasteiger partial charge in [-0.15, -0.1) is 0 Å². The van der Waals surface area contributed by atoms with E-state index in [1.54, 1.807) is 0 Å². The Balaban J connectivity index is 2.31. The lowest BCUT2D eigenvalue weighted by molar-refractivity contribution is -0.150. The van der Waals surface area contributed by atoms with Crippen molar-refractivity contribution in [2.24, 2.45) is 0 Å². The van der Waals surface area contributed by atoms with Crippen LogP contribution in [-0.4, -0.2) is 17.7 Å². The lowest BCUT2D eigenvalue weighted by Crippen LogP contribution is -2.26. The van der Waals surface area contributed by atoms with Gasteiger partial charge in [-0.2, -0.15) is 0 Å². The van der Waals surface area contributed by atoms with E-state index in [1.807, 2.05) is 30.3 Å². The maximum absolute atomic E-state index is 11.2. The molecule has 1 fully saturated rings. The zero-order valence-corrected chi connectivity index (χ0v) is 8.48. The van der Waals surface area contributed by atoms with Crippen LogP contribution < -0.4 is 0 Å². The topological polar surface area (TPSA) is 46.5 Å². The van der Waals surface area contributed by atoms with Gasteiger partial charge in [0.25, 0.3) is 0 Å². The molecule has 2 rings (SSSR count). The number of carbonyl (C=O) groups excluding carboxylic acids is 1. The van der Waals surface area contributed by atoms with E-state index in [1.165, 1.54) is 0 Å². The van der Waals surface area contributed by atoms with Crippen molar-refractivity contribution in [2.75, 3.05) is 6.61 Å². The molecule has 0 radical (unpaired) electrons. The van der Waals surface area contributed by atoms with Crippen molar-refractivity contribution >= 4 is 5.97 Å². The summed E-state index contributed by atoms with van der Waals surface area (Å²) >= 11 is 0. The zero-order valence-electron chi connectivity index (χ0n) is 8.48. The van der Waals surface area contributed by atoms with Crippen molar-refractivity contribution in [2.45, 2.75) is 24.9 Å². The summed E-state index contributed by atoms with van der Waals surface area (Å²) in [5, 5.41) is 9.05. The van der Waals surface area contributed by atoms with Crippen LogP contribution in [0.1, 0.15) is 24.8 Å². The third-order valence-corrected chi connectivity index (χ3v) is 2.86. The van der Waals surface area contributed by atoms with Crippen LogP contribution in [0.15, 0.2) is 30.3 Å². The second-order valence-electron chi connectivity index (χ2n) is 3.81. The fourth-order valence-corrected chi connectivity index (χ4v) is 2.07. The first-order valence-corrected chi connectivity index (χ1v) is 5.15. The number of cyclic esters (lactones) is 1. The van der Waals surface area contributed by atoms with Crippen LogP contribution in [0.2, 0.25) is 0 Å². The second kappa shape index (κ2) is 4.03. The van der Waals surface area contributed by atoms with E-state index in [4.69, 9.17) is 9.84 Å². The van der Waals surface area contributed by atoms with Gasteiger partial charge < -0.3 is 9.84 Å². The highest BCUT2D eigenvalue weighted by molar-refractivity contribution is 5.72. The predicted octanol–water partition coefficient (Wildman–Crippen LogP) is 1.60. The van der Waals surface area contributed by atoms with Gasteiger partial charge in [-0.25, -0.2) is 0 Å². The minimum atomic E-state index is -0.590. The SMILES string of the molecule is O=C1CCC(CCO)(c2ccccc2)O1. The molecule has 0 aliphatic carbocycles. The molecule has 1 unspecified atom stereocenters. The van der Waals surface area contributed by atoms with E-state index < -0.39 is 5.60 Å². The molecule has 0 amide bonds. The number of aliphatic hydroxyl groups excluding tert-OH is 1. The molecular formula is C12H14O3. The Bertz CT molecular complexity index is 347. The largest absolute Gasteiger partial charge is 0.454 e. The molecule has 1 N–H and O–H groups in total. The average molecular weight is 206 g/mol. The van der Waals surface area contributed by atoms with Gasteiger partial charge in [-0.05, 0) is 5.56 Å². The zero-order chi connectivity index (χ0) is 10.7. The van der Waals surface area contributed by atoms with Crippen molar-refractivity contribution < 1.29 is 14.6 Å². The monoisotopic (exact) mass is 206 g/mol. The van der Waals surface area contributed by atoms with Crippen LogP contribution in [-0.2, 0) is 15.1 Å². The summed E-state index contributed by atoms with van der Waals surface area (Å²) in [5.74, 6) is -0.174. The number of rotatable bonds is 3. The van der Waals surface area contributed by atoms with Crippen LogP contribution >= 0.6 is 0 Å². The molecule has 0 saturated carbocycles. The first kappa shape index (κ1) is 10.2. The van der Waals surface area contributed by atoms with E-state index in [2.05, 4.69) is 0 Å². The fourth-order valence-electron chi connectivity index (χ4n) is 2.07. The standard InChI is InChI=1S/C12H14O3/c13-9-8-12(7-6-11(14)15-12)10-4-2-1-3-5-10/h1-5,13H,6-9H2. The predicted molar refractivity (Wildman–Crippen MR) is 55.1 cm³/mol. The van der Waals surface area contributed by atoms with Crippen LogP contribution in [0.3, 0.4) is 0 Å². The quantitative estimate of drug-likeness (QED) is 0.764. The second-order valence-corrected chi connectivity index (χ2v) is 3.81. The lowest BCUT2D eigenvalue weighted by Gasteiger charge is -2.27. The minimum absolute atomic E-state index is 0.0299. The van der Waals surface area contributed by atoms with E-state index in [0.29, 0.717) is 19.3 Å². The number of hydrogen-bond acceptors (Lipinski definition) is 3. The Morgan fingerprint density at radius 1 is 1.33 bits per heavy atom. The first-order chi connectivity index (χ1) is 7.27. The summed E-state index contributed by atoms with van der Waals surface area (Å²) in [6, 6.07) is 9.64. The smallest absolute Gasteiger partial charge is 0.306 e. The summed E-state index contributed by atoms with van der Waals surface area (Å²) in [6.07, 6.45) is 1.58. The number of esters is 1. The molecule has 1 atom stereocenters. The minimum Gasteiger partial charge on any atom is -0.454 e. The highest BCUT2D eigenvalue weighted by atomic mass is 16.6. The highest BCUT2D eigenvalue weighted by Crippen LogP contribution is 2.39. The van der Waals surface area contributed by atoms with E-state index in [-0.39, 0.29) is 12.6 Å². The van der Waals surface area contributed by atoms with E-state index in [9.17, 15) is 4.79 Å². The van der Waals surface area contributed by atoms with E-state index >= 15 is 0 Å². The Labute approximate surface area is 88.7 Å². The number of aliphatic hydroxyl groups is 1. The number of carbonyl (C=O) groups is 1. The third kappa shape index (κ3) is 1.88. The molecule has 1 saturated heterocycles. The van der Waals surface area contributed by atoms with Gasteiger partial charge in [0.15, 0.2) is 0 Å². The number of benzene rings is 1. The summed E-state index contributed by atoms with van der Waals surface area (Å²) in [5.41, 5.74) is 0.387. The molecule has 3 nitrogen and oxygen atoms in total. The van der Waals surface area contributed by atoms with Gasteiger partial charge in [-0.3, -0.25) is 4.79 Å². The molecule has 0 spiro atoms. The van der Waals surface area contributed by atoms with Crippen molar-refractivity contribution in [1.29, 1.82) is 0 Å². The van der Waals surface area contributed by atoms with Crippen molar-refractivity contribution in [1.82, 2.24) is 0 Å². The van der Waals surface area contributed by atoms with Gasteiger partial charge in [0.1, 0.15) is 5.60 Å². The van der Waals surface area contributed by atoms with E-state index in [0.717, 1.165) is 5.56 Å². The van der Waals surface area contributed by atoms with Crippen molar-refractivity contribution in [3.8, 4) is 0 Å². The Morgan fingerprint density at radius 3 is 2.60 bits per heavy atom. The molecule has 0 aromatic heterocycles. The number of hydrogen-bond donors (Lipinski definition) is 1. The average Bonchev–Trinajstić information content (AvgIpc) is 2.63. The molecule has 0 bridgehead atoms. The third-order valence-electron chi connectivity index (χ3n) is 2.86. The van der Waals surface area contributed by atoms with Crippen LogP contribution in [0.25, 0.3) is 0 Å². The molecule has 1 aromatic rings. The lowest BCUT2D eigenvalue weighted by atomic mass is 9.88. The Hall–Kier alpha value is -1.35. The highest BCUT2D eigenvalue weighted by Gasteiger charge is 2.41. The first-order valence-electron chi connectivity index (χ1n) is 5.15. The maximum Gasteiger partial charge on any atom is 0.306 e. The molecule has 15 heavy (non-hydrogen) atoms.